The quantitative estimate of drug-likeness (QED) is 0.704. The summed E-state index contributed by atoms with van der Waals surface area (Å²) in [5, 5.41) is 12.4. The van der Waals surface area contributed by atoms with Gasteiger partial charge in [0.15, 0.2) is 0 Å². The molecule has 0 aromatic heterocycles. The number of aliphatic hydroxyl groups is 1. The molecule has 3 heteroatoms. The van der Waals surface area contributed by atoms with Crippen LogP contribution in [0.3, 0.4) is 0 Å². The predicted molar refractivity (Wildman–Crippen MR) is 56.1 cm³/mol. The summed E-state index contributed by atoms with van der Waals surface area (Å²) in [6, 6.07) is 10.1. The zero-order valence-corrected chi connectivity index (χ0v) is 8.14. The first kappa shape index (κ1) is 9.21. The van der Waals surface area contributed by atoms with Crippen LogP contribution in [0.25, 0.3) is 0 Å². The van der Waals surface area contributed by atoms with Gasteiger partial charge in [0.2, 0.25) is 0 Å². The van der Waals surface area contributed by atoms with Gasteiger partial charge in [-0.15, -0.1) is 0 Å². The Hall–Kier alpha value is -1.35. The van der Waals surface area contributed by atoms with Gasteiger partial charge in [-0.2, -0.15) is 0 Å². The van der Waals surface area contributed by atoms with E-state index in [4.69, 9.17) is 0 Å². The first-order valence-electron chi connectivity index (χ1n) is 4.79. The summed E-state index contributed by atoms with van der Waals surface area (Å²) in [5.41, 5.74) is 1.16. The van der Waals surface area contributed by atoms with Crippen LogP contribution in [0.5, 0.6) is 0 Å². The number of aliphatic hydroxyl groups excluding tert-OH is 1. The molecule has 74 valence electrons. The minimum absolute atomic E-state index is 0.0902. The normalized spacial score (nSPS) is 26.6. The van der Waals surface area contributed by atoms with Crippen molar-refractivity contribution >= 4 is 5.84 Å². The standard InChI is InChI=1S/C11H14N2O/c1-8-12-10(7-11(14)13-8)9-5-3-2-4-6-9/h2-6,10-11,14H,7H2,1H3,(H,12,13). The van der Waals surface area contributed by atoms with Crippen molar-refractivity contribution in [1.82, 2.24) is 5.32 Å². The van der Waals surface area contributed by atoms with Crippen LogP contribution in [0.15, 0.2) is 35.3 Å². The molecule has 1 aliphatic rings. The largest absolute Gasteiger partial charge is 0.374 e. The second-order valence-electron chi connectivity index (χ2n) is 3.54. The summed E-state index contributed by atoms with van der Waals surface area (Å²) in [6.45, 7) is 1.87. The average molecular weight is 190 g/mol. The fourth-order valence-corrected chi connectivity index (χ4v) is 1.72. The molecule has 0 radical (unpaired) electrons. The minimum atomic E-state index is -0.474. The summed E-state index contributed by atoms with van der Waals surface area (Å²) in [4.78, 5) is 4.45. The van der Waals surface area contributed by atoms with Crippen molar-refractivity contribution < 1.29 is 5.11 Å². The van der Waals surface area contributed by atoms with Gasteiger partial charge in [0.25, 0.3) is 0 Å². The Morgan fingerprint density at radius 2 is 2.07 bits per heavy atom. The SMILES string of the molecule is CC1=NC(c2ccccc2)CC(O)N1. The van der Waals surface area contributed by atoms with Crippen molar-refractivity contribution in [3.63, 3.8) is 0 Å². The number of amidine groups is 1. The molecule has 2 N–H and O–H groups in total. The molecule has 2 rings (SSSR count). The van der Waals surface area contributed by atoms with E-state index in [-0.39, 0.29) is 6.04 Å². The van der Waals surface area contributed by atoms with Gasteiger partial charge in [0.1, 0.15) is 6.23 Å². The molecule has 0 saturated heterocycles. The number of benzene rings is 1. The first-order chi connectivity index (χ1) is 6.75. The molecule has 0 amide bonds. The zero-order chi connectivity index (χ0) is 9.97. The van der Waals surface area contributed by atoms with Gasteiger partial charge in [0, 0.05) is 6.42 Å². The fraction of sp³-hybridized carbons (Fsp3) is 0.364. The van der Waals surface area contributed by atoms with Gasteiger partial charge >= 0.3 is 0 Å². The van der Waals surface area contributed by atoms with E-state index in [0.29, 0.717) is 6.42 Å². The smallest absolute Gasteiger partial charge is 0.127 e. The highest BCUT2D eigenvalue weighted by Gasteiger charge is 2.20. The maximum atomic E-state index is 9.52. The molecule has 0 saturated carbocycles. The fourth-order valence-electron chi connectivity index (χ4n) is 1.72. The van der Waals surface area contributed by atoms with Crippen molar-refractivity contribution in [3.05, 3.63) is 35.9 Å². The number of aliphatic imine (C=N–C) groups is 1. The average Bonchev–Trinajstić information content (AvgIpc) is 2.18. The van der Waals surface area contributed by atoms with Crippen LogP contribution >= 0.6 is 0 Å². The molecule has 1 aromatic carbocycles. The van der Waals surface area contributed by atoms with E-state index in [2.05, 4.69) is 10.3 Å². The van der Waals surface area contributed by atoms with Gasteiger partial charge < -0.3 is 10.4 Å². The van der Waals surface area contributed by atoms with Gasteiger partial charge in [0.05, 0.1) is 11.9 Å². The van der Waals surface area contributed by atoms with E-state index in [1.807, 2.05) is 37.3 Å². The van der Waals surface area contributed by atoms with Gasteiger partial charge in [-0.3, -0.25) is 4.99 Å². The van der Waals surface area contributed by atoms with Crippen molar-refractivity contribution in [3.8, 4) is 0 Å². The van der Waals surface area contributed by atoms with E-state index < -0.39 is 6.23 Å². The van der Waals surface area contributed by atoms with Crippen LogP contribution in [0.1, 0.15) is 24.9 Å². The Labute approximate surface area is 83.5 Å². The molecule has 1 aromatic rings. The van der Waals surface area contributed by atoms with Gasteiger partial charge in [-0.25, -0.2) is 0 Å². The number of hydrogen-bond donors (Lipinski definition) is 2. The molecule has 3 nitrogen and oxygen atoms in total. The summed E-state index contributed by atoms with van der Waals surface area (Å²) in [7, 11) is 0. The van der Waals surface area contributed by atoms with E-state index in [1.165, 1.54) is 0 Å². The Balaban J connectivity index is 2.23. The summed E-state index contributed by atoms with van der Waals surface area (Å²) in [6.07, 6.45) is 0.166. The Bertz CT molecular complexity index is 334. The molecular formula is C11H14N2O. The van der Waals surface area contributed by atoms with Crippen molar-refractivity contribution in [2.75, 3.05) is 0 Å². The lowest BCUT2D eigenvalue weighted by Crippen LogP contribution is -2.38. The number of rotatable bonds is 1. The van der Waals surface area contributed by atoms with Gasteiger partial charge in [-0.05, 0) is 12.5 Å². The summed E-state index contributed by atoms with van der Waals surface area (Å²) >= 11 is 0. The maximum absolute atomic E-state index is 9.52. The van der Waals surface area contributed by atoms with Crippen molar-refractivity contribution in [2.24, 2.45) is 4.99 Å². The van der Waals surface area contributed by atoms with E-state index in [0.717, 1.165) is 11.4 Å². The lowest BCUT2D eigenvalue weighted by atomic mass is 10.0. The molecule has 0 fully saturated rings. The molecule has 1 heterocycles. The second kappa shape index (κ2) is 3.80. The lowest BCUT2D eigenvalue weighted by Gasteiger charge is -2.25. The van der Waals surface area contributed by atoms with Crippen LogP contribution < -0.4 is 5.32 Å². The van der Waals surface area contributed by atoms with Gasteiger partial charge in [-0.1, -0.05) is 30.3 Å². The van der Waals surface area contributed by atoms with Crippen molar-refractivity contribution in [2.45, 2.75) is 25.6 Å². The molecule has 2 atom stereocenters. The van der Waals surface area contributed by atoms with Crippen LogP contribution in [0, 0.1) is 0 Å². The third-order valence-corrected chi connectivity index (χ3v) is 2.36. The zero-order valence-electron chi connectivity index (χ0n) is 8.14. The predicted octanol–water partition coefficient (Wildman–Crippen LogP) is 1.46. The Kier molecular flexibility index (Phi) is 2.50. The number of nitrogens with zero attached hydrogens (tertiary/aromatic N) is 1. The minimum Gasteiger partial charge on any atom is -0.374 e. The van der Waals surface area contributed by atoms with Crippen LogP contribution in [-0.4, -0.2) is 17.2 Å². The Morgan fingerprint density at radius 1 is 1.36 bits per heavy atom. The molecular weight excluding hydrogens is 176 g/mol. The lowest BCUT2D eigenvalue weighted by molar-refractivity contribution is 0.134. The molecule has 14 heavy (non-hydrogen) atoms. The number of nitrogens with one attached hydrogen (secondary N) is 1. The highest BCUT2D eigenvalue weighted by molar-refractivity contribution is 5.80. The highest BCUT2D eigenvalue weighted by atomic mass is 16.3. The summed E-state index contributed by atoms with van der Waals surface area (Å²) in [5.74, 6) is 0.803. The van der Waals surface area contributed by atoms with Crippen LogP contribution in [0.2, 0.25) is 0 Å². The van der Waals surface area contributed by atoms with Crippen molar-refractivity contribution in [1.29, 1.82) is 0 Å². The topological polar surface area (TPSA) is 44.6 Å². The molecule has 2 unspecified atom stereocenters. The molecule has 1 aliphatic heterocycles. The number of hydrogen-bond acceptors (Lipinski definition) is 3. The highest BCUT2D eigenvalue weighted by Crippen LogP contribution is 2.24. The Morgan fingerprint density at radius 3 is 2.71 bits per heavy atom. The van der Waals surface area contributed by atoms with Crippen LogP contribution in [0.4, 0.5) is 0 Å². The van der Waals surface area contributed by atoms with E-state index in [9.17, 15) is 5.11 Å². The second-order valence-corrected chi connectivity index (χ2v) is 3.54. The monoisotopic (exact) mass is 190 g/mol. The van der Waals surface area contributed by atoms with Crippen LogP contribution in [-0.2, 0) is 0 Å². The molecule has 0 spiro atoms. The summed E-state index contributed by atoms with van der Waals surface area (Å²) < 4.78 is 0. The molecule has 0 aliphatic carbocycles. The maximum Gasteiger partial charge on any atom is 0.127 e. The first-order valence-corrected chi connectivity index (χ1v) is 4.79. The van der Waals surface area contributed by atoms with E-state index >= 15 is 0 Å². The third kappa shape index (κ3) is 1.93. The molecule has 0 bridgehead atoms. The third-order valence-electron chi connectivity index (χ3n) is 2.36. The van der Waals surface area contributed by atoms with E-state index in [1.54, 1.807) is 0 Å².